The van der Waals surface area contributed by atoms with Crippen LogP contribution in [0.15, 0.2) is 24.4 Å². The van der Waals surface area contributed by atoms with E-state index in [9.17, 15) is 23.4 Å². The van der Waals surface area contributed by atoms with Gasteiger partial charge in [0, 0.05) is 41.3 Å². The van der Waals surface area contributed by atoms with Crippen LogP contribution in [0.3, 0.4) is 0 Å². The van der Waals surface area contributed by atoms with Crippen molar-refractivity contribution in [2.45, 2.75) is 25.2 Å². The Morgan fingerprint density at radius 1 is 1.12 bits per heavy atom. The van der Waals surface area contributed by atoms with Gasteiger partial charge in [0.25, 0.3) is 0 Å². The molecule has 41 heavy (non-hydrogen) atoms. The quantitative estimate of drug-likeness (QED) is 0.127. The van der Waals surface area contributed by atoms with Gasteiger partial charge in [0.1, 0.15) is 17.0 Å². The molecule has 6 N–H and O–H groups in total. The molecular formula is C25H21F4N5O7. The molecule has 2 aromatic heterocycles. The number of aliphatic hydroxyl groups excluding tert-OH is 1. The van der Waals surface area contributed by atoms with Crippen LogP contribution < -0.4 is 20.1 Å². The fraction of sp³-hybridized carbons (Fsp3) is 0.320. The molecule has 6 rings (SSSR count). The Morgan fingerprint density at radius 3 is 2.63 bits per heavy atom. The highest BCUT2D eigenvalue weighted by atomic mass is 19.2. The van der Waals surface area contributed by atoms with E-state index >= 15 is 4.39 Å². The standard InChI is InChI=1S/C25H21F4N5O7/c26-14-4-9-3-11(30)6-12(16(9)21(17(14)27)41-25(29,37)38)19-18(28)20-13(7-31-19)22(33-23(32-20)40-24(35)36)34-1-2-39-8-10-5-15(10)34/h3-4,6-7,10,15,24,35-38H,1-2,5,8,30H2. The van der Waals surface area contributed by atoms with Crippen LogP contribution >= 0.6 is 0 Å². The highest BCUT2D eigenvalue weighted by Crippen LogP contribution is 2.44. The maximum absolute atomic E-state index is 16.3. The number of hydrogen-bond donors (Lipinski definition) is 5. The molecule has 0 radical (unpaired) electrons. The maximum Gasteiger partial charge on any atom is 0.492 e. The number of rotatable bonds is 6. The molecule has 0 spiro atoms. The first-order chi connectivity index (χ1) is 19.4. The average Bonchev–Trinajstić information content (AvgIpc) is 3.66. The van der Waals surface area contributed by atoms with E-state index in [4.69, 9.17) is 25.4 Å². The van der Waals surface area contributed by atoms with Crippen molar-refractivity contribution < 1.29 is 52.2 Å². The fourth-order valence-electron chi connectivity index (χ4n) is 5.08. The predicted octanol–water partition coefficient (Wildman–Crippen LogP) is 1.66. The predicted molar refractivity (Wildman–Crippen MR) is 132 cm³/mol. The smallest absolute Gasteiger partial charge is 0.409 e. The molecule has 3 heterocycles. The number of pyridine rings is 1. The lowest BCUT2D eigenvalue weighted by molar-refractivity contribution is -0.375. The summed E-state index contributed by atoms with van der Waals surface area (Å²) in [5.74, 6) is -5.39. The van der Waals surface area contributed by atoms with Crippen molar-refractivity contribution in [1.82, 2.24) is 15.0 Å². The van der Waals surface area contributed by atoms with Crippen LogP contribution in [0.1, 0.15) is 6.42 Å². The van der Waals surface area contributed by atoms with Crippen molar-refractivity contribution in [1.29, 1.82) is 0 Å². The van der Waals surface area contributed by atoms with Crippen molar-refractivity contribution in [3.8, 4) is 23.0 Å². The minimum atomic E-state index is -4.42. The summed E-state index contributed by atoms with van der Waals surface area (Å²) >= 11 is 0. The first kappa shape index (κ1) is 27.1. The van der Waals surface area contributed by atoms with Crippen LogP contribution in [0, 0.1) is 23.4 Å². The second kappa shape index (κ2) is 9.78. The van der Waals surface area contributed by atoms with Gasteiger partial charge in [-0.3, -0.25) is 4.98 Å². The number of nitrogen functional groups attached to an aromatic ring is 1. The third kappa shape index (κ3) is 5.00. The van der Waals surface area contributed by atoms with Crippen molar-refractivity contribution in [3.63, 3.8) is 0 Å². The molecule has 2 atom stereocenters. The molecule has 1 aliphatic carbocycles. The Labute approximate surface area is 227 Å². The van der Waals surface area contributed by atoms with E-state index < -0.39 is 58.5 Å². The van der Waals surface area contributed by atoms with Crippen LogP contribution in [-0.2, 0) is 4.74 Å². The average molecular weight is 579 g/mol. The van der Waals surface area contributed by atoms with Gasteiger partial charge in [-0.05, 0) is 30.0 Å². The third-order valence-electron chi connectivity index (χ3n) is 6.82. The van der Waals surface area contributed by atoms with E-state index in [-0.39, 0.29) is 39.8 Å². The van der Waals surface area contributed by atoms with E-state index in [0.29, 0.717) is 25.8 Å². The van der Waals surface area contributed by atoms with Crippen LogP contribution in [0.2, 0.25) is 0 Å². The number of aliphatic hydroxyl groups is 4. The molecule has 0 bridgehead atoms. The second-order valence-corrected chi connectivity index (χ2v) is 9.59. The van der Waals surface area contributed by atoms with Crippen LogP contribution in [0.5, 0.6) is 11.8 Å². The number of aromatic nitrogens is 3. The number of benzene rings is 2. The summed E-state index contributed by atoms with van der Waals surface area (Å²) < 4.78 is 73.8. The number of halogens is 4. The summed E-state index contributed by atoms with van der Waals surface area (Å²) in [7, 11) is 0. The Balaban J connectivity index is 1.61. The van der Waals surface area contributed by atoms with Gasteiger partial charge in [0.05, 0.1) is 18.6 Å². The fourth-order valence-corrected chi connectivity index (χ4v) is 5.08. The summed E-state index contributed by atoms with van der Waals surface area (Å²) in [5, 5.41) is 36.4. The Kier molecular flexibility index (Phi) is 6.46. The number of ether oxygens (including phenoxy) is 3. The van der Waals surface area contributed by atoms with Gasteiger partial charge in [-0.2, -0.15) is 14.4 Å². The number of alkyl halides is 1. The minimum Gasteiger partial charge on any atom is -0.409 e. The lowest BCUT2D eigenvalue weighted by Crippen LogP contribution is -2.30. The Morgan fingerprint density at radius 2 is 1.90 bits per heavy atom. The lowest BCUT2D eigenvalue weighted by atomic mass is 9.98. The first-order valence-electron chi connectivity index (χ1n) is 12.2. The second-order valence-electron chi connectivity index (χ2n) is 9.59. The Bertz CT molecular complexity index is 1690. The topological polar surface area (TPSA) is 177 Å². The highest BCUT2D eigenvalue weighted by molar-refractivity contribution is 6.04. The molecule has 2 aliphatic rings. The lowest BCUT2D eigenvalue weighted by Gasteiger charge is -2.24. The van der Waals surface area contributed by atoms with Gasteiger partial charge in [-0.25, -0.2) is 8.78 Å². The number of fused-ring (bicyclic) bond motifs is 3. The SMILES string of the molecule is Nc1cc(-c2ncc3c(N4CCOCC5CC54)nc(OC(O)O)nc3c2F)c2c(OC(O)(O)F)c(F)c(F)cc2c1. The van der Waals surface area contributed by atoms with Crippen molar-refractivity contribution in [2.24, 2.45) is 5.92 Å². The molecule has 0 amide bonds. The van der Waals surface area contributed by atoms with Crippen LogP contribution in [-0.4, -0.2) is 73.9 Å². The highest BCUT2D eigenvalue weighted by Gasteiger charge is 2.45. The van der Waals surface area contributed by atoms with E-state index in [0.717, 1.165) is 18.6 Å². The molecule has 2 fully saturated rings. The summed E-state index contributed by atoms with van der Waals surface area (Å²) in [6.07, 6.45) is -2.44. The molecule has 2 unspecified atom stereocenters. The molecule has 12 nitrogen and oxygen atoms in total. The van der Waals surface area contributed by atoms with Gasteiger partial charge in [0.15, 0.2) is 17.4 Å². The van der Waals surface area contributed by atoms with E-state index in [1.165, 1.54) is 6.20 Å². The number of anilines is 2. The normalized spacial score (nSPS) is 19.0. The number of nitrogens with zero attached hydrogens (tertiary/aromatic N) is 4. The zero-order chi connectivity index (χ0) is 29.2. The van der Waals surface area contributed by atoms with Crippen molar-refractivity contribution in [3.05, 3.63) is 41.8 Å². The van der Waals surface area contributed by atoms with Crippen molar-refractivity contribution in [2.75, 3.05) is 30.4 Å². The van der Waals surface area contributed by atoms with Gasteiger partial charge >= 0.3 is 18.7 Å². The molecular weight excluding hydrogens is 558 g/mol. The van der Waals surface area contributed by atoms with E-state index in [2.05, 4.69) is 19.7 Å². The van der Waals surface area contributed by atoms with Crippen molar-refractivity contribution >= 4 is 33.2 Å². The largest absolute Gasteiger partial charge is 0.492 e. The van der Waals surface area contributed by atoms with Gasteiger partial charge < -0.3 is 45.3 Å². The van der Waals surface area contributed by atoms with Gasteiger partial charge in [-0.15, -0.1) is 4.39 Å². The molecule has 1 aliphatic heterocycles. The molecule has 16 heteroatoms. The van der Waals surface area contributed by atoms with Gasteiger partial charge in [-0.1, -0.05) is 0 Å². The zero-order valence-electron chi connectivity index (χ0n) is 20.8. The van der Waals surface area contributed by atoms with Crippen LogP contribution in [0.25, 0.3) is 32.9 Å². The summed E-state index contributed by atoms with van der Waals surface area (Å²) in [5.41, 5.74) is 4.57. The van der Waals surface area contributed by atoms with Gasteiger partial charge in [0.2, 0.25) is 5.82 Å². The Hall–Kier alpha value is -4.09. The minimum absolute atomic E-state index is 0.0126. The molecule has 1 saturated carbocycles. The van der Waals surface area contributed by atoms with E-state index in [1.54, 1.807) is 0 Å². The summed E-state index contributed by atoms with van der Waals surface area (Å²) in [4.78, 5) is 14.2. The van der Waals surface area contributed by atoms with Crippen LogP contribution in [0.4, 0.5) is 29.1 Å². The summed E-state index contributed by atoms with van der Waals surface area (Å²) in [6, 6.07) is 2.35. The number of hydrogen-bond acceptors (Lipinski definition) is 12. The third-order valence-corrected chi connectivity index (χ3v) is 6.82. The summed E-state index contributed by atoms with van der Waals surface area (Å²) in [6.45, 7) is -1.08. The molecule has 2 aromatic carbocycles. The monoisotopic (exact) mass is 579 g/mol. The molecule has 4 aromatic rings. The maximum atomic E-state index is 16.3. The van der Waals surface area contributed by atoms with E-state index in [1.807, 2.05) is 4.90 Å². The number of nitrogens with two attached hydrogens (primary N) is 1. The first-order valence-corrected chi connectivity index (χ1v) is 12.2. The zero-order valence-corrected chi connectivity index (χ0v) is 20.8. The molecule has 1 saturated heterocycles. The molecule has 216 valence electrons.